The molecule has 16 heavy (non-hydrogen) atoms. The van der Waals surface area contributed by atoms with E-state index >= 15 is 0 Å². The summed E-state index contributed by atoms with van der Waals surface area (Å²) >= 11 is 0. The molecule has 0 fully saturated rings. The van der Waals surface area contributed by atoms with Gasteiger partial charge in [-0.25, -0.2) is 0 Å². The van der Waals surface area contributed by atoms with Gasteiger partial charge in [-0.05, 0) is 38.9 Å². The van der Waals surface area contributed by atoms with E-state index in [9.17, 15) is 13.2 Å². The molecule has 0 bridgehead atoms. The Morgan fingerprint density at radius 1 is 1.12 bits per heavy atom. The molecule has 0 amide bonds. The minimum atomic E-state index is -4.04. The Kier molecular flexibility index (Phi) is 7.76. The minimum absolute atomic E-state index is 0.108. The molecule has 0 aromatic carbocycles. The second-order valence-corrected chi connectivity index (χ2v) is 4.08. The highest BCUT2D eigenvalue weighted by Crippen LogP contribution is 2.22. The van der Waals surface area contributed by atoms with Gasteiger partial charge in [-0.2, -0.15) is 13.2 Å². The number of halogens is 3. The summed E-state index contributed by atoms with van der Waals surface area (Å²) < 4.78 is 35.6. The lowest BCUT2D eigenvalue weighted by atomic mass is 10.1. The standard InChI is InChI=1S/C11H23F3N2/c1-3-16(4-2)9-7-10(15)6-5-8-11(12,13)14/h10H,3-9,15H2,1-2H3. The molecule has 0 aliphatic heterocycles. The molecule has 0 spiro atoms. The lowest BCUT2D eigenvalue weighted by Crippen LogP contribution is -2.30. The third-order valence-corrected chi connectivity index (χ3v) is 2.75. The molecule has 0 saturated carbocycles. The first-order valence-electron chi connectivity index (χ1n) is 5.93. The zero-order valence-corrected chi connectivity index (χ0v) is 10.2. The molecule has 1 unspecified atom stereocenters. The van der Waals surface area contributed by atoms with Gasteiger partial charge in [0.2, 0.25) is 0 Å². The van der Waals surface area contributed by atoms with Crippen LogP contribution in [-0.4, -0.2) is 36.8 Å². The van der Waals surface area contributed by atoms with Crippen LogP contribution in [0.1, 0.15) is 39.5 Å². The van der Waals surface area contributed by atoms with Gasteiger partial charge in [0.25, 0.3) is 0 Å². The van der Waals surface area contributed by atoms with E-state index in [1.165, 1.54) is 0 Å². The van der Waals surface area contributed by atoms with Crippen molar-refractivity contribution in [1.82, 2.24) is 4.90 Å². The van der Waals surface area contributed by atoms with Gasteiger partial charge in [0.15, 0.2) is 0 Å². The summed E-state index contributed by atoms with van der Waals surface area (Å²) in [5, 5.41) is 0. The first-order chi connectivity index (χ1) is 7.39. The molecule has 0 saturated heterocycles. The predicted octanol–water partition coefficient (Wildman–Crippen LogP) is 2.78. The zero-order chi connectivity index (χ0) is 12.6. The fourth-order valence-corrected chi connectivity index (χ4v) is 1.60. The normalized spacial score (nSPS) is 14.4. The molecule has 0 heterocycles. The fraction of sp³-hybridized carbons (Fsp3) is 1.00. The van der Waals surface area contributed by atoms with Gasteiger partial charge in [-0.15, -0.1) is 0 Å². The second kappa shape index (κ2) is 7.90. The van der Waals surface area contributed by atoms with Crippen molar-refractivity contribution < 1.29 is 13.2 Å². The lowest BCUT2D eigenvalue weighted by Gasteiger charge is -2.20. The van der Waals surface area contributed by atoms with E-state index in [1.54, 1.807) is 0 Å². The lowest BCUT2D eigenvalue weighted by molar-refractivity contribution is -0.135. The van der Waals surface area contributed by atoms with Crippen molar-refractivity contribution in [3.8, 4) is 0 Å². The minimum Gasteiger partial charge on any atom is -0.328 e. The summed E-state index contributed by atoms with van der Waals surface area (Å²) in [4.78, 5) is 2.23. The fourth-order valence-electron chi connectivity index (χ4n) is 1.60. The Morgan fingerprint density at radius 3 is 2.12 bits per heavy atom. The van der Waals surface area contributed by atoms with E-state index in [-0.39, 0.29) is 12.5 Å². The maximum Gasteiger partial charge on any atom is 0.389 e. The topological polar surface area (TPSA) is 29.3 Å². The Labute approximate surface area is 96.0 Å². The van der Waals surface area contributed by atoms with Crippen LogP contribution in [0.3, 0.4) is 0 Å². The van der Waals surface area contributed by atoms with Crippen molar-refractivity contribution in [3.05, 3.63) is 0 Å². The predicted molar refractivity (Wildman–Crippen MR) is 60.3 cm³/mol. The number of hydrogen-bond acceptors (Lipinski definition) is 2. The monoisotopic (exact) mass is 240 g/mol. The molecule has 0 rings (SSSR count). The second-order valence-electron chi connectivity index (χ2n) is 4.08. The first kappa shape index (κ1) is 15.7. The SMILES string of the molecule is CCN(CC)CCC(N)CCCC(F)(F)F. The number of nitrogens with two attached hydrogens (primary N) is 1. The molecule has 0 aliphatic rings. The van der Waals surface area contributed by atoms with Crippen molar-refractivity contribution >= 4 is 0 Å². The maximum atomic E-state index is 11.9. The van der Waals surface area contributed by atoms with Gasteiger partial charge in [-0.3, -0.25) is 0 Å². The van der Waals surface area contributed by atoms with Gasteiger partial charge in [0.1, 0.15) is 0 Å². The van der Waals surface area contributed by atoms with Crippen molar-refractivity contribution in [2.45, 2.75) is 51.7 Å². The summed E-state index contributed by atoms with van der Waals surface area (Å²) in [6, 6.07) is -0.108. The molecule has 0 radical (unpaired) electrons. The zero-order valence-electron chi connectivity index (χ0n) is 10.2. The summed E-state index contributed by atoms with van der Waals surface area (Å²) in [7, 11) is 0. The van der Waals surface area contributed by atoms with Crippen molar-refractivity contribution in [1.29, 1.82) is 0 Å². The van der Waals surface area contributed by atoms with Crippen LogP contribution in [0.5, 0.6) is 0 Å². The summed E-state index contributed by atoms with van der Waals surface area (Å²) in [6.07, 6.45) is -3.38. The van der Waals surface area contributed by atoms with E-state index in [0.29, 0.717) is 6.42 Å². The van der Waals surface area contributed by atoms with Crippen LogP contribution in [0.2, 0.25) is 0 Å². The molecule has 2 N–H and O–H groups in total. The highest BCUT2D eigenvalue weighted by molar-refractivity contribution is 4.65. The number of nitrogens with zero attached hydrogens (tertiary/aromatic N) is 1. The molecule has 0 aromatic rings. The Balaban J connectivity index is 3.55. The molecule has 2 nitrogen and oxygen atoms in total. The summed E-state index contributed by atoms with van der Waals surface area (Å²) in [5.41, 5.74) is 5.77. The van der Waals surface area contributed by atoms with E-state index in [2.05, 4.69) is 18.7 Å². The number of rotatable bonds is 8. The molecule has 98 valence electrons. The third kappa shape index (κ3) is 8.97. The van der Waals surface area contributed by atoms with Crippen LogP contribution in [0.15, 0.2) is 0 Å². The third-order valence-electron chi connectivity index (χ3n) is 2.75. The molecule has 0 aliphatic carbocycles. The Hall–Kier alpha value is -0.290. The van der Waals surface area contributed by atoms with E-state index < -0.39 is 12.6 Å². The van der Waals surface area contributed by atoms with Crippen LogP contribution >= 0.6 is 0 Å². The largest absolute Gasteiger partial charge is 0.389 e. The van der Waals surface area contributed by atoms with Gasteiger partial charge >= 0.3 is 6.18 Å². The number of hydrogen-bond donors (Lipinski definition) is 1. The van der Waals surface area contributed by atoms with Gasteiger partial charge in [-0.1, -0.05) is 13.8 Å². The first-order valence-corrected chi connectivity index (χ1v) is 5.93. The Morgan fingerprint density at radius 2 is 1.69 bits per heavy atom. The molecule has 1 atom stereocenters. The van der Waals surface area contributed by atoms with Crippen LogP contribution in [0.4, 0.5) is 13.2 Å². The van der Waals surface area contributed by atoms with Crippen LogP contribution in [-0.2, 0) is 0 Å². The highest BCUT2D eigenvalue weighted by atomic mass is 19.4. The van der Waals surface area contributed by atoms with Gasteiger partial charge in [0.05, 0.1) is 0 Å². The van der Waals surface area contributed by atoms with E-state index in [1.807, 2.05) is 0 Å². The average molecular weight is 240 g/mol. The van der Waals surface area contributed by atoms with Crippen molar-refractivity contribution in [2.75, 3.05) is 19.6 Å². The molecule has 0 aromatic heterocycles. The Bertz CT molecular complexity index is 167. The molecular formula is C11H23F3N2. The van der Waals surface area contributed by atoms with Gasteiger partial charge in [0, 0.05) is 12.5 Å². The van der Waals surface area contributed by atoms with Gasteiger partial charge < -0.3 is 10.6 Å². The quantitative estimate of drug-likeness (QED) is 0.707. The van der Waals surface area contributed by atoms with E-state index in [4.69, 9.17) is 5.73 Å². The van der Waals surface area contributed by atoms with E-state index in [0.717, 1.165) is 26.1 Å². The smallest absolute Gasteiger partial charge is 0.328 e. The maximum absolute atomic E-state index is 11.9. The molecule has 5 heteroatoms. The van der Waals surface area contributed by atoms with Crippen LogP contribution < -0.4 is 5.73 Å². The number of alkyl halides is 3. The summed E-state index contributed by atoms with van der Waals surface area (Å²) in [6.45, 7) is 6.94. The average Bonchev–Trinajstić information content (AvgIpc) is 2.17. The summed E-state index contributed by atoms with van der Waals surface area (Å²) in [5.74, 6) is 0. The van der Waals surface area contributed by atoms with Crippen molar-refractivity contribution in [3.63, 3.8) is 0 Å². The molecular weight excluding hydrogens is 217 g/mol. The van der Waals surface area contributed by atoms with Crippen molar-refractivity contribution in [2.24, 2.45) is 5.73 Å². The van der Waals surface area contributed by atoms with Crippen LogP contribution in [0.25, 0.3) is 0 Å². The van der Waals surface area contributed by atoms with Crippen LogP contribution in [0, 0.1) is 0 Å². The highest BCUT2D eigenvalue weighted by Gasteiger charge is 2.26.